The van der Waals surface area contributed by atoms with E-state index in [9.17, 15) is 5.11 Å². The van der Waals surface area contributed by atoms with Crippen LogP contribution in [-0.4, -0.2) is 11.2 Å². The molecule has 0 rings (SSSR count). The molecule has 2 heteroatoms. The van der Waals surface area contributed by atoms with Gasteiger partial charge in [0.15, 0.2) is 0 Å². The van der Waals surface area contributed by atoms with Gasteiger partial charge in [0.05, 0.1) is 0 Å². The van der Waals surface area contributed by atoms with Gasteiger partial charge in [0.2, 0.25) is 0 Å². The van der Waals surface area contributed by atoms with Gasteiger partial charge in [0, 0.05) is 0 Å². The van der Waals surface area contributed by atoms with Gasteiger partial charge in [0.1, 0.15) is 5.44 Å². The van der Waals surface area contributed by atoms with Gasteiger partial charge in [-0.05, 0) is 19.1 Å². The highest BCUT2D eigenvalue weighted by molar-refractivity contribution is 7.99. The standard InChI is InChI=1S/C5H11OS/c1-3-4-7-5(2)6/h5H,3-4H2,1-2H3. The van der Waals surface area contributed by atoms with Crippen LogP contribution in [-0.2, 0) is 5.11 Å². The van der Waals surface area contributed by atoms with E-state index >= 15 is 0 Å². The Bertz CT molecular complexity index is 37.1. The lowest BCUT2D eigenvalue weighted by Gasteiger charge is -1.95. The van der Waals surface area contributed by atoms with E-state index < -0.39 is 5.44 Å². The van der Waals surface area contributed by atoms with Gasteiger partial charge < -0.3 is 0 Å². The predicted octanol–water partition coefficient (Wildman–Crippen LogP) is 1.91. The van der Waals surface area contributed by atoms with Crippen molar-refractivity contribution in [1.29, 1.82) is 0 Å². The van der Waals surface area contributed by atoms with E-state index in [0.717, 1.165) is 12.2 Å². The summed E-state index contributed by atoms with van der Waals surface area (Å²) < 4.78 is 0. The fourth-order valence-electron chi connectivity index (χ4n) is 0.284. The minimum absolute atomic E-state index is 0.431. The minimum Gasteiger partial charge on any atom is -0.222 e. The van der Waals surface area contributed by atoms with Crippen molar-refractivity contribution in [3.8, 4) is 0 Å². The van der Waals surface area contributed by atoms with Crippen LogP contribution in [0.3, 0.4) is 0 Å². The summed E-state index contributed by atoms with van der Waals surface area (Å²) in [7, 11) is 0. The first-order valence-electron chi connectivity index (χ1n) is 2.54. The Labute approximate surface area is 49.1 Å². The van der Waals surface area contributed by atoms with Gasteiger partial charge >= 0.3 is 0 Å². The highest BCUT2D eigenvalue weighted by Gasteiger charge is 1.92. The lowest BCUT2D eigenvalue weighted by Crippen LogP contribution is -1.89. The molecular weight excluding hydrogens is 108 g/mol. The van der Waals surface area contributed by atoms with E-state index in [1.807, 2.05) is 0 Å². The molecule has 1 atom stereocenters. The molecule has 0 bridgehead atoms. The smallest absolute Gasteiger partial charge is 0.135 e. The van der Waals surface area contributed by atoms with Crippen molar-refractivity contribution in [2.45, 2.75) is 25.7 Å². The summed E-state index contributed by atoms with van der Waals surface area (Å²) in [6, 6.07) is 0. The molecule has 0 aromatic rings. The Hall–Kier alpha value is 0.310. The molecule has 0 aliphatic rings. The van der Waals surface area contributed by atoms with Crippen molar-refractivity contribution in [2.75, 3.05) is 5.75 Å². The van der Waals surface area contributed by atoms with E-state index in [2.05, 4.69) is 6.92 Å². The molecule has 1 unspecified atom stereocenters. The van der Waals surface area contributed by atoms with Gasteiger partial charge in [-0.1, -0.05) is 6.92 Å². The van der Waals surface area contributed by atoms with Crippen molar-refractivity contribution < 1.29 is 5.11 Å². The molecule has 43 valence electrons. The van der Waals surface area contributed by atoms with Gasteiger partial charge in [-0.15, -0.1) is 11.8 Å². The zero-order valence-electron chi connectivity index (χ0n) is 4.81. The van der Waals surface area contributed by atoms with E-state index in [4.69, 9.17) is 0 Å². The summed E-state index contributed by atoms with van der Waals surface area (Å²) in [6.07, 6.45) is 1.11. The normalized spacial score (nSPS) is 14.1. The Morgan fingerprint density at radius 2 is 2.29 bits per heavy atom. The molecule has 0 aliphatic heterocycles. The number of rotatable bonds is 3. The van der Waals surface area contributed by atoms with Crippen LogP contribution >= 0.6 is 11.8 Å². The maximum atomic E-state index is 10.2. The molecule has 0 heterocycles. The molecule has 0 aromatic carbocycles. The van der Waals surface area contributed by atoms with Crippen LogP contribution in [0.2, 0.25) is 0 Å². The molecule has 1 radical (unpaired) electrons. The minimum atomic E-state index is -0.431. The zero-order chi connectivity index (χ0) is 5.70. The van der Waals surface area contributed by atoms with Crippen LogP contribution in [0.15, 0.2) is 0 Å². The number of thioether (sulfide) groups is 1. The Kier molecular flexibility index (Phi) is 4.67. The van der Waals surface area contributed by atoms with Crippen LogP contribution in [0.25, 0.3) is 0 Å². The first-order valence-corrected chi connectivity index (χ1v) is 3.59. The van der Waals surface area contributed by atoms with E-state index in [-0.39, 0.29) is 0 Å². The maximum absolute atomic E-state index is 10.2. The fraction of sp³-hybridized carbons (Fsp3) is 1.00. The molecule has 0 saturated heterocycles. The van der Waals surface area contributed by atoms with Crippen LogP contribution in [0.4, 0.5) is 0 Å². The van der Waals surface area contributed by atoms with Crippen molar-refractivity contribution in [1.82, 2.24) is 0 Å². The Morgan fingerprint density at radius 1 is 1.71 bits per heavy atom. The summed E-state index contributed by atoms with van der Waals surface area (Å²) in [5.41, 5.74) is -0.431. The molecule has 0 saturated carbocycles. The quantitative estimate of drug-likeness (QED) is 0.519. The van der Waals surface area contributed by atoms with E-state index in [1.54, 1.807) is 6.92 Å². The van der Waals surface area contributed by atoms with Gasteiger partial charge in [-0.2, -0.15) is 0 Å². The highest BCUT2D eigenvalue weighted by atomic mass is 32.2. The third kappa shape index (κ3) is 6.31. The first-order chi connectivity index (χ1) is 3.27. The number of hydrogen-bond donors (Lipinski definition) is 0. The van der Waals surface area contributed by atoms with E-state index in [0.29, 0.717) is 0 Å². The SMILES string of the molecule is CCCSC(C)[O]. The topological polar surface area (TPSA) is 19.9 Å². The summed E-state index contributed by atoms with van der Waals surface area (Å²) >= 11 is 1.48. The van der Waals surface area contributed by atoms with Crippen molar-refractivity contribution in [3.05, 3.63) is 0 Å². The fourth-order valence-corrected chi connectivity index (χ4v) is 0.851. The van der Waals surface area contributed by atoms with Gasteiger partial charge in [-0.25, -0.2) is 5.11 Å². The predicted molar refractivity (Wildman–Crippen MR) is 32.9 cm³/mol. The Morgan fingerprint density at radius 3 is 2.43 bits per heavy atom. The average Bonchev–Trinajstić information content (AvgIpc) is 1.61. The van der Waals surface area contributed by atoms with Crippen molar-refractivity contribution in [3.63, 3.8) is 0 Å². The highest BCUT2D eigenvalue weighted by Crippen LogP contribution is 2.07. The third-order valence-corrected chi connectivity index (χ3v) is 1.67. The molecule has 0 amide bonds. The first kappa shape index (κ1) is 7.31. The number of hydrogen-bond acceptors (Lipinski definition) is 1. The summed E-state index contributed by atoms with van der Waals surface area (Å²) in [6.45, 7) is 3.76. The molecule has 7 heavy (non-hydrogen) atoms. The third-order valence-electron chi connectivity index (χ3n) is 0.557. The summed E-state index contributed by atoms with van der Waals surface area (Å²) in [5, 5.41) is 10.2. The monoisotopic (exact) mass is 119 g/mol. The molecule has 0 aromatic heterocycles. The second-order valence-corrected chi connectivity index (χ2v) is 2.84. The summed E-state index contributed by atoms with van der Waals surface area (Å²) in [5.74, 6) is 1.00. The van der Waals surface area contributed by atoms with Crippen molar-refractivity contribution in [2.24, 2.45) is 0 Å². The van der Waals surface area contributed by atoms with Crippen LogP contribution in [0.1, 0.15) is 20.3 Å². The largest absolute Gasteiger partial charge is 0.222 e. The molecule has 0 N–H and O–H groups in total. The molecule has 0 spiro atoms. The lowest BCUT2D eigenvalue weighted by atomic mass is 10.6. The summed E-state index contributed by atoms with van der Waals surface area (Å²) in [4.78, 5) is 0. The average molecular weight is 119 g/mol. The lowest BCUT2D eigenvalue weighted by molar-refractivity contribution is 0.181. The second kappa shape index (κ2) is 4.47. The molecule has 1 nitrogen and oxygen atoms in total. The zero-order valence-corrected chi connectivity index (χ0v) is 5.62. The molecular formula is C5H11OS. The molecule has 0 fully saturated rings. The molecule has 0 aliphatic carbocycles. The maximum Gasteiger partial charge on any atom is 0.135 e. The van der Waals surface area contributed by atoms with Crippen LogP contribution in [0.5, 0.6) is 0 Å². The van der Waals surface area contributed by atoms with E-state index in [1.165, 1.54) is 11.8 Å². The van der Waals surface area contributed by atoms with Gasteiger partial charge in [-0.3, -0.25) is 0 Å². The van der Waals surface area contributed by atoms with Crippen molar-refractivity contribution >= 4 is 11.8 Å². The van der Waals surface area contributed by atoms with Gasteiger partial charge in [0.25, 0.3) is 0 Å². The van der Waals surface area contributed by atoms with Crippen LogP contribution < -0.4 is 0 Å². The second-order valence-electron chi connectivity index (χ2n) is 1.44. The van der Waals surface area contributed by atoms with Crippen LogP contribution in [0, 0.1) is 0 Å². The Balaban J connectivity index is 2.68.